The van der Waals surface area contributed by atoms with Crippen molar-refractivity contribution in [2.45, 2.75) is 13.3 Å². The molecule has 0 aliphatic rings. The Morgan fingerprint density at radius 1 is 1.13 bits per heavy atom. The molecule has 0 saturated heterocycles. The minimum Gasteiger partial charge on any atom is -0.361 e. The van der Waals surface area contributed by atoms with Crippen LogP contribution in [0.15, 0.2) is 59.8 Å². The van der Waals surface area contributed by atoms with Crippen molar-refractivity contribution < 1.29 is 9.59 Å². The third-order valence-corrected chi connectivity index (χ3v) is 5.17. The van der Waals surface area contributed by atoms with Gasteiger partial charge in [0.05, 0.1) is 12.6 Å². The number of hydrogen-bond donors (Lipinski definition) is 3. The van der Waals surface area contributed by atoms with E-state index in [0.717, 1.165) is 33.4 Å². The second-order valence-corrected chi connectivity index (χ2v) is 7.64. The lowest BCUT2D eigenvalue weighted by molar-refractivity contribution is -0.120. The molecule has 0 atom stereocenters. The van der Waals surface area contributed by atoms with Gasteiger partial charge in [0.25, 0.3) is 5.91 Å². The van der Waals surface area contributed by atoms with Crippen LogP contribution in [0.25, 0.3) is 10.9 Å². The zero-order chi connectivity index (χ0) is 20.9. The summed E-state index contributed by atoms with van der Waals surface area (Å²) in [6.07, 6.45) is 3.43. The van der Waals surface area contributed by atoms with Crippen LogP contribution >= 0.6 is 11.3 Å². The molecule has 3 N–H and O–H groups in total. The Kier molecular flexibility index (Phi) is 5.62. The van der Waals surface area contributed by atoms with Crippen LogP contribution in [-0.2, 0) is 11.2 Å². The Morgan fingerprint density at radius 2 is 1.93 bits per heavy atom. The molecule has 0 saturated carbocycles. The van der Waals surface area contributed by atoms with Crippen molar-refractivity contribution in [3.05, 3.63) is 76.4 Å². The van der Waals surface area contributed by atoms with E-state index in [1.807, 2.05) is 49.5 Å². The van der Waals surface area contributed by atoms with Crippen molar-refractivity contribution in [3.63, 3.8) is 0 Å². The Bertz CT molecular complexity index is 1230. The van der Waals surface area contributed by atoms with Gasteiger partial charge >= 0.3 is 0 Å². The number of carbonyl (C=O) groups is 2. The third kappa shape index (κ3) is 4.58. The van der Waals surface area contributed by atoms with Crippen molar-refractivity contribution >= 4 is 45.4 Å². The number of nitrogens with zero attached hydrogens (tertiary/aromatic N) is 3. The number of amides is 2. The lowest BCUT2D eigenvalue weighted by Crippen LogP contribution is -2.19. The predicted octanol–water partition coefficient (Wildman–Crippen LogP) is 3.27. The van der Waals surface area contributed by atoms with E-state index in [0.29, 0.717) is 15.7 Å². The molecule has 8 nitrogen and oxygen atoms in total. The highest BCUT2D eigenvalue weighted by atomic mass is 32.1. The number of hydrazone groups is 1. The maximum absolute atomic E-state index is 12.2. The highest BCUT2D eigenvalue weighted by Gasteiger charge is 2.12. The largest absolute Gasteiger partial charge is 0.361 e. The minimum atomic E-state index is -0.321. The Morgan fingerprint density at radius 3 is 2.77 bits per heavy atom. The van der Waals surface area contributed by atoms with Crippen LogP contribution in [0.5, 0.6) is 0 Å². The van der Waals surface area contributed by atoms with E-state index in [9.17, 15) is 9.59 Å². The average molecular weight is 418 g/mol. The molecule has 4 rings (SSSR count). The summed E-state index contributed by atoms with van der Waals surface area (Å²) in [7, 11) is 0. The van der Waals surface area contributed by atoms with Gasteiger partial charge in [0.1, 0.15) is 5.01 Å². The zero-order valence-electron chi connectivity index (χ0n) is 16.0. The first-order valence-corrected chi connectivity index (χ1v) is 9.98. The number of nitrogens with one attached hydrogen (secondary N) is 3. The van der Waals surface area contributed by atoms with E-state index in [-0.39, 0.29) is 18.2 Å². The molecule has 0 unspecified atom stereocenters. The van der Waals surface area contributed by atoms with Crippen molar-refractivity contribution in [2.24, 2.45) is 5.10 Å². The van der Waals surface area contributed by atoms with E-state index in [1.54, 1.807) is 18.3 Å². The van der Waals surface area contributed by atoms with E-state index in [4.69, 9.17) is 0 Å². The maximum atomic E-state index is 12.2. The molecule has 150 valence electrons. The van der Waals surface area contributed by atoms with Gasteiger partial charge in [-0.15, -0.1) is 10.2 Å². The van der Waals surface area contributed by atoms with Gasteiger partial charge in [-0.3, -0.25) is 14.9 Å². The van der Waals surface area contributed by atoms with Crippen LogP contribution in [0.3, 0.4) is 0 Å². The highest BCUT2D eigenvalue weighted by molar-refractivity contribution is 7.15. The van der Waals surface area contributed by atoms with E-state index >= 15 is 0 Å². The van der Waals surface area contributed by atoms with E-state index in [2.05, 4.69) is 31.0 Å². The SMILES string of the molecule is Cc1ccc(C(=O)Nc2nnc(CC(=O)N/N=C\c3c[nH]c4ccccc34)s2)cc1. The summed E-state index contributed by atoms with van der Waals surface area (Å²) in [5.74, 6) is -0.593. The van der Waals surface area contributed by atoms with Gasteiger partial charge < -0.3 is 4.98 Å². The maximum Gasteiger partial charge on any atom is 0.257 e. The summed E-state index contributed by atoms with van der Waals surface area (Å²) in [5.41, 5.74) is 5.96. The van der Waals surface area contributed by atoms with E-state index < -0.39 is 0 Å². The Hall–Kier alpha value is -3.85. The first-order valence-electron chi connectivity index (χ1n) is 9.17. The lowest BCUT2D eigenvalue weighted by Gasteiger charge is -2.01. The van der Waals surface area contributed by atoms with Crippen LogP contribution in [0, 0.1) is 6.92 Å². The number of carbonyl (C=O) groups excluding carboxylic acids is 2. The molecule has 2 aromatic heterocycles. The Labute approximate surface area is 176 Å². The minimum absolute atomic E-state index is 0.0172. The zero-order valence-corrected chi connectivity index (χ0v) is 16.9. The van der Waals surface area contributed by atoms with Crippen LogP contribution in [0.2, 0.25) is 0 Å². The van der Waals surface area contributed by atoms with Gasteiger partial charge in [0.2, 0.25) is 11.0 Å². The van der Waals surface area contributed by atoms with Gasteiger partial charge in [-0.2, -0.15) is 5.10 Å². The first kappa shape index (κ1) is 19.5. The molecular weight excluding hydrogens is 400 g/mol. The number of hydrogen-bond acceptors (Lipinski definition) is 6. The van der Waals surface area contributed by atoms with E-state index in [1.165, 1.54) is 0 Å². The molecule has 4 aromatic rings. The average Bonchev–Trinajstić information content (AvgIpc) is 3.35. The number of H-pyrrole nitrogens is 1. The molecule has 2 heterocycles. The lowest BCUT2D eigenvalue weighted by atomic mass is 10.1. The molecule has 0 radical (unpaired) electrons. The smallest absolute Gasteiger partial charge is 0.257 e. The van der Waals surface area contributed by atoms with Gasteiger partial charge in [0, 0.05) is 28.2 Å². The third-order valence-electron chi connectivity index (χ3n) is 4.33. The van der Waals surface area contributed by atoms with Gasteiger partial charge in [-0.1, -0.05) is 47.2 Å². The number of anilines is 1. The molecule has 9 heteroatoms. The number of benzene rings is 2. The Balaban J connectivity index is 1.31. The molecule has 2 aromatic carbocycles. The molecule has 0 aliphatic carbocycles. The fourth-order valence-electron chi connectivity index (χ4n) is 2.80. The number of aromatic amines is 1. The van der Waals surface area contributed by atoms with Crippen LogP contribution in [-0.4, -0.2) is 33.2 Å². The van der Waals surface area contributed by atoms with Gasteiger partial charge in [0.15, 0.2) is 0 Å². The quantitative estimate of drug-likeness (QED) is 0.329. The summed E-state index contributed by atoms with van der Waals surface area (Å²) < 4.78 is 0. The number of rotatable bonds is 6. The fraction of sp³-hybridized carbons (Fsp3) is 0.0952. The van der Waals surface area contributed by atoms with Crippen molar-refractivity contribution in [3.8, 4) is 0 Å². The molecule has 0 bridgehead atoms. The topological polar surface area (TPSA) is 112 Å². The summed E-state index contributed by atoms with van der Waals surface area (Å²) in [5, 5.41) is 16.4. The van der Waals surface area contributed by atoms with Crippen molar-refractivity contribution in [2.75, 3.05) is 5.32 Å². The van der Waals surface area contributed by atoms with Crippen LogP contribution in [0.1, 0.15) is 26.5 Å². The standard InChI is InChI=1S/C21H18N6O2S/c1-13-6-8-14(9-7-13)20(29)24-21-27-26-19(30-21)10-18(28)25-23-12-15-11-22-17-5-3-2-4-16(15)17/h2-9,11-12,22H,10H2,1H3,(H,25,28)(H,24,27,29)/b23-12-. The summed E-state index contributed by atoms with van der Waals surface area (Å²) in [4.78, 5) is 27.5. The highest BCUT2D eigenvalue weighted by Crippen LogP contribution is 2.17. The monoisotopic (exact) mass is 418 g/mol. The number of aromatic nitrogens is 3. The molecule has 2 amide bonds. The molecule has 0 fully saturated rings. The van der Waals surface area contributed by atoms with Crippen LogP contribution in [0.4, 0.5) is 5.13 Å². The second-order valence-electron chi connectivity index (χ2n) is 6.58. The number of para-hydroxylation sites is 1. The molecular formula is C21H18N6O2S. The van der Waals surface area contributed by atoms with Crippen LogP contribution < -0.4 is 10.7 Å². The molecule has 30 heavy (non-hydrogen) atoms. The fourth-order valence-corrected chi connectivity index (χ4v) is 3.53. The predicted molar refractivity (Wildman–Crippen MR) is 117 cm³/mol. The van der Waals surface area contributed by atoms with Gasteiger partial charge in [-0.05, 0) is 25.1 Å². The van der Waals surface area contributed by atoms with Crippen molar-refractivity contribution in [1.29, 1.82) is 0 Å². The summed E-state index contributed by atoms with van der Waals surface area (Å²) in [6, 6.07) is 15.0. The first-order chi connectivity index (χ1) is 14.6. The summed E-state index contributed by atoms with van der Waals surface area (Å²) >= 11 is 1.15. The van der Waals surface area contributed by atoms with Crippen molar-refractivity contribution in [1.82, 2.24) is 20.6 Å². The van der Waals surface area contributed by atoms with Gasteiger partial charge in [-0.25, -0.2) is 5.43 Å². The number of aryl methyl sites for hydroxylation is 1. The molecule has 0 spiro atoms. The normalized spacial score (nSPS) is 11.1. The molecule has 0 aliphatic heterocycles. The number of fused-ring (bicyclic) bond motifs is 1. The second kappa shape index (κ2) is 8.66. The summed E-state index contributed by atoms with van der Waals surface area (Å²) in [6.45, 7) is 1.95.